The number of nitrogens with one attached hydrogen (secondary N) is 1. The molecule has 0 bridgehead atoms. The summed E-state index contributed by atoms with van der Waals surface area (Å²) in [7, 11) is 0. The van der Waals surface area contributed by atoms with E-state index in [0.29, 0.717) is 0 Å². The second-order valence-electron chi connectivity index (χ2n) is 5.57. The first-order valence-corrected chi connectivity index (χ1v) is 6.61. The van der Waals surface area contributed by atoms with Crippen LogP contribution in [-0.2, 0) is 4.74 Å². The van der Waals surface area contributed by atoms with Crippen molar-refractivity contribution in [2.75, 3.05) is 32.8 Å². The van der Waals surface area contributed by atoms with E-state index in [0.717, 1.165) is 25.7 Å². The molecule has 0 saturated heterocycles. The molecular formula is C13H28N2O. The normalized spacial score (nSPS) is 17.1. The molecule has 0 aromatic carbocycles. The molecule has 0 aliphatic heterocycles. The Morgan fingerprint density at radius 1 is 1.25 bits per heavy atom. The third kappa shape index (κ3) is 6.46. The summed E-state index contributed by atoms with van der Waals surface area (Å²) in [6.45, 7) is 13.7. The molecule has 0 aromatic heterocycles. The van der Waals surface area contributed by atoms with Gasteiger partial charge in [0.2, 0.25) is 0 Å². The van der Waals surface area contributed by atoms with Crippen LogP contribution in [0.4, 0.5) is 0 Å². The molecule has 0 unspecified atom stereocenters. The van der Waals surface area contributed by atoms with E-state index in [9.17, 15) is 0 Å². The van der Waals surface area contributed by atoms with Crippen molar-refractivity contribution in [1.82, 2.24) is 10.2 Å². The van der Waals surface area contributed by atoms with Crippen LogP contribution in [0.3, 0.4) is 0 Å². The van der Waals surface area contributed by atoms with Crippen molar-refractivity contribution in [2.45, 2.75) is 52.2 Å². The second kappa shape index (κ2) is 6.58. The molecule has 0 amide bonds. The first-order valence-electron chi connectivity index (χ1n) is 6.61. The summed E-state index contributed by atoms with van der Waals surface area (Å²) in [5.74, 6) is 0. The second-order valence-corrected chi connectivity index (χ2v) is 5.57. The van der Waals surface area contributed by atoms with Gasteiger partial charge in [-0.15, -0.1) is 0 Å². The van der Waals surface area contributed by atoms with Crippen LogP contribution in [0.5, 0.6) is 0 Å². The Balaban J connectivity index is 1.91. The highest BCUT2D eigenvalue weighted by molar-refractivity contribution is 4.83. The van der Waals surface area contributed by atoms with Gasteiger partial charge in [-0.2, -0.15) is 0 Å². The highest BCUT2D eigenvalue weighted by Gasteiger charge is 2.26. The molecule has 0 atom stereocenters. The molecule has 1 rings (SSSR count). The first kappa shape index (κ1) is 13.9. The zero-order valence-electron chi connectivity index (χ0n) is 11.4. The molecule has 1 aliphatic rings. The first-order chi connectivity index (χ1) is 7.53. The largest absolute Gasteiger partial charge is 0.375 e. The summed E-state index contributed by atoms with van der Waals surface area (Å²) in [6.07, 6.45) is 2.81. The number of ether oxygens (including phenoxy) is 1. The highest BCUT2D eigenvalue weighted by Crippen LogP contribution is 2.25. The average Bonchev–Trinajstić information content (AvgIpc) is 2.99. The van der Waals surface area contributed by atoms with Crippen molar-refractivity contribution in [3.05, 3.63) is 0 Å². The molecule has 16 heavy (non-hydrogen) atoms. The van der Waals surface area contributed by atoms with Crippen LogP contribution in [-0.4, -0.2) is 49.3 Å². The number of hydrogen-bond acceptors (Lipinski definition) is 3. The molecular weight excluding hydrogens is 200 g/mol. The molecule has 0 spiro atoms. The molecule has 1 saturated carbocycles. The van der Waals surface area contributed by atoms with E-state index in [1.165, 1.54) is 25.9 Å². The molecule has 1 fully saturated rings. The third-order valence-electron chi connectivity index (χ3n) is 2.86. The Kier molecular flexibility index (Phi) is 5.73. The van der Waals surface area contributed by atoms with Crippen molar-refractivity contribution in [1.29, 1.82) is 0 Å². The predicted octanol–water partition coefficient (Wildman–Crippen LogP) is 1.88. The lowest BCUT2D eigenvalue weighted by atomic mass is 10.2. The number of nitrogens with zero attached hydrogens (tertiary/aromatic N) is 1. The smallest absolute Gasteiger partial charge is 0.0599 e. The maximum absolute atomic E-state index is 5.65. The molecule has 0 radical (unpaired) electrons. The van der Waals surface area contributed by atoms with Gasteiger partial charge in [0, 0.05) is 25.7 Å². The summed E-state index contributed by atoms with van der Waals surface area (Å²) in [5, 5.41) is 3.44. The molecule has 3 heteroatoms. The van der Waals surface area contributed by atoms with E-state index in [2.05, 4.69) is 37.9 Å². The lowest BCUT2D eigenvalue weighted by molar-refractivity contribution is -0.000882. The van der Waals surface area contributed by atoms with E-state index in [1.54, 1.807) is 0 Å². The zero-order chi connectivity index (χ0) is 12.0. The monoisotopic (exact) mass is 228 g/mol. The van der Waals surface area contributed by atoms with Crippen LogP contribution in [0, 0.1) is 0 Å². The van der Waals surface area contributed by atoms with Crippen LogP contribution in [0.25, 0.3) is 0 Å². The molecule has 0 heterocycles. The van der Waals surface area contributed by atoms with Crippen LogP contribution in [0.15, 0.2) is 0 Å². The van der Waals surface area contributed by atoms with Gasteiger partial charge in [0.05, 0.1) is 12.2 Å². The van der Waals surface area contributed by atoms with Crippen LogP contribution < -0.4 is 5.32 Å². The summed E-state index contributed by atoms with van der Waals surface area (Å²) in [5.41, 5.74) is -0.00878. The molecule has 1 N–H and O–H groups in total. The van der Waals surface area contributed by atoms with Gasteiger partial charge in [-0.3, -0.25) is 4.90 Å². The van der Waals surface area contributed by atoms with Gasteiger partial charge in [0.1, 0.15) is 0 Å². The fraction of sp³-hybridized carbons (Fsp3) is 1.00. The van der Waals surface area contributed by atoms with Gasteiger partial charge >= 0.3 is 0 Å². The van der Waals surface area contributed by atoms with Crippen molar-refractivity contribution in [2.24, 2.45) is 0 Å². The number of likely N-dealkylation sites (N-methyl/N-ethyl adjacent to an activating group) is 1. The van der Waals surface area contributed by atoms with E-state index in [1.807, 2.05) is 0 Å². The maximum atomic E-state index is 5.65. The Labute approximate surface area is 101 Å². The summed E-state index contributed by atoms with van der Waals surface area (Å²) in [6, 6.07) is 0.887. The Morgan fingerprint density at radius 3 is 2.44 bits per heavy atom. The Bertz CT molecular complexity index is 185. The van der Waals surface area contributed by atoms with E-state index in [4.69, 9.17) is 4.74 Å². The van der Waals surface area contributed by atoms with Gasteiger partial charge in [0.25, 0.3) is 0 Å². The lowest BCUT2D eigenvalue weighted by Crippen LogP contribution is -2.35. The quantitative estimate of drug-likeness (QED) is 0.642. The van der Waals surface area contributed by atoms with Gasteiger partial charge in [0.15, 0.2) is 0 Å². The summed E-state index contributed by atoms with van der Waals surface area (Å²) >= 11 is 0. The SMILES string of the molecule is CCN(CCNCCOC(C)(C)C)C1CC1. The van der Waals surface area contributed by atoms with Gasteiger partial charge in [-0.05, 0) is 40.2 Å². The van der Waals surface area contributed by atoms with Crippen molar-refractivity contribution < 1.29 is 4.74 Å². The molecule has 96 valence electrons. The topological polar surface area (TPSA) is 24.5 Å². The minimum atomic E-state index is -0.00878. The standard InChI is InChI=1S/C13H28N2O/c1-5-15(12-6-7-12)10-8-14-9-11-16-13(2,3)4/h12,14H,5-11H2,1-4H3. The van der Waals surface area contributed by atoms with E-state index >= 15 is 0 Å². The molecule has 3 nitrogen and oxygen atoms in total. The van der Waals surface area contributed by atoms with Gasteiger partial charge in [-0.1, -0.05) is 6.92 Å². The van der Waals surface area contributed by atoms with E-state index < -0.39 is 0 Å². The molecule has 1 aliphatic carbocycles. The van der Waals surface area contributed by atoms with Crippen LogP contribution >= 0.6 is 0 Å². The average molecular weight is 228 g/mol. The van der Waals surface area contributed by atoms with Crippen molar-refractivity contribution in [3.63, 3.8) is 0 Å². The summed E-state index contributed by atoms with van der Waals surface area (Å²) < 4.78 is 5.65. The summed E-state index contributed by atoms with van der Waals surface area (Å²) in [4.78, 5) is 2.57. The zero-order valence-corrected chi connectivity index (χ0v) is 11.4. The van der Waals surface area contributed by atoms with E-state index in [-0.39, 0.29) is 5.60 Å². The number of hydrogen-bond donors (Lipinski definition) is 1. The highest BCUT2D eigenvalue weighted by atomic mass is 16.5. The fourth-order valence-corrected chi connectivity index (χ4v) is 1.82. The minimum Gasteiger partial charge on any atom is -0.375 e. The maximum Gasteiger partial charge on any atom is 0.0599 e. The Hall–Kier alpha value is -0.120. The van der Waals surface area contributed by atoms with Crippen LogP contribution in [0.2, 0.25) is 0 Å². The third-order valence-corrected chi connectivity index (χ3v) is 2.86. The minimum absolute atomic E-state index is 0.00878. The Morgan fingerprint density at radius 2 is 1.94 bits per heavy atom. The lowest BCUT2D eigenvalue weighted by Gasteiger charge is -2.21. The molecule has 0 aromatic rings. The van der Waals surface area contributed by atoms with Crippen molar-refractivity contribution in [3.8, 4) is 0 Å². The number of rotatable bonds is 8. The van der Waals surface area contributed by atoms with Crippen molar-refractivity contribution >= 4 is 0 Å². The van der Waals surface area contributed by atoms with Gasteiger partial charge in [-0.25, -0.2) is 0 Å². The van der Waals surface area contributed by atoms with Crippen LogP contribution in [0.1, 0.15) is 40.5 Å². The predicted molar refractivity (Wildman–Crippen MR) is 68.8 cm³/mol. The van der Waals surface area contributed by atoms with Gasteiger partial charge < -0.3 is 10.1 Å². The fourth-order valence-electron chi connectivity index (χ4n) is 1.82.